The van der Waals surface area contributed by atoms with Gasteiger partial charge in [0.15, 0.2) is 0 Å². The summed E-state index contributed by atoms with van der Waals surface area (Å²) in [5.74, 6) is 0. The molecule has 1 aliphatic heterocycles. The number of ether oxygens (including phenoxy) is 1. The van der Waals surface area contributed by atoms with Crippen molar-refractivity contribution in [2.24, 2.45) is 0 Å². The van der Waals surface area contributed by atoms with Crippen LogP contribution in [-0.4, -0.2) is 22.5 Å². The molecular formula is C16H21N3O. The van der Waals surface area contributed by atoms with Crippen molar-refractivity contribution in [3.05, 3.63) is 47.8 Å². The maximum Gasteiger partial charge on any atom is 0.0771 e. The Morgan fingerprint density at radius 1 is 1.40 bits per heavy atom. The minimum absolute atomic E-state index is 0.333. The van der Waals surface area contributed by atoms with Crippen LogP contribution in [-0.2, 0) is 17.8 Å². The van der Waals surface area contributed by atoms with Crippen LogP contribution in [0.15, 0.2) is 36.7 Å². The van der Waals surface area contributed by atoms with Crippen LogP contribution in [0.25, 0.3) is 0 Å². The number of benzene rings is 1. The average molecular weight is 271 g/mol. The van der Waals surface area contributed by atoms with Gasteiger partial charge < -0.3 is 10.1 Å². The quantitative estimate of drug-likeness (QED) is 0.908. The molecular weight excluding hydrogens is 250 g/mol. The minimum Gasteiger partial charge on any atom is -0.378 e. The van der Waals surface area contributed by atoms with Crippen molar-refractivity contribution >= 4 is 5.69 Å². The van der Waals surface area contributed by atoms with Gasteiger partial charge in [-0.1, -0.05) is 24.3 Å². The van der Waals surface area contributed by atoms with Gasteiger partial charge in [0.2, 0.25) is 0 Å². The number of nitrogens with one attached hydrogen (secondary N) is 1. The number of anilines is 1. The number of nitrogens with zero attached hydrogens (tertiary/aromatic N) is 2. The molecule has 1 atom stereocenters. The van der Waals surface area contributed by atoms with Gasteiger partial charge in [-0.2, -0.15) is 5.10 Å². The smallest absolute Gasteiger partial charge is 0.0771 e. The topological polar surface area (TPSA) is 39.1 Å². The predicted octanol–water partition coefficient (Wildman–Crippen LogP) is 2.98. The summed E-state index contributed by atoms with van der Waals surface area (Å²) in [5.41, 5.74) is 3.69. The summed E-state index contributed by atoms with van der Waals surface area (Å²) in [7, 11) is 0. The molecule has 1 unspecified atom stereocenters. The van der Waals surface area contributed by atoms with Crippen molar-refractivity contribution in [1.29, 1.82) is 0 Å². The molecule has 4 nitrogen and oxygen atoms in total. The van der Waals surface area contributed by atoms with Gasteiger partial charge in [0.05, 0.1) is 24.5 Å². The highest BCUT2D eigenvalue weighted by Gasteiger charge is 2.16. The molecule has 0 spiro atoms. The number of aryl methyl sites for hydroxylation is 1. The van der Waals surface area contributed by atoms with Gasteiger partial charge in [0.1, 0.15) is 0 Å². The highest BCUT2D eigenvalue weighted by Crippen LogP contribution is 2.15. The van der Waals surface area contributed by atoms with E-state index in [9.17, 15) is 0 Å². The fraction of sp³-hybridized carbons (Fsp3) is 0.438. The molecule has 1 aliphatic rings. The van der Waals surface area contributed by atoms with E-state index < -0.39 is 0 Å². The summed E-state index contributed by atoms with van der Waals surface area (Å²) >= 11 is 0. The van der Waals surface area contributed by atoms with Gasteiger partial charge in [-0.3, -0.25) is 4.68 Å². The Morgan fingerprint density at radius 3 is 3.10 bits per heavy atom. The van der Waals surface area contributed by atoms with Crippen LogP contribution < -0.4 is 5.32 Å². The normalized spacial score (nSPS) is 18.4. The summed E-state index contributed by atoms with van der Waals surface area (Å²) in [6.07, 6.45) is 6.59. The van der Waals surface area contributed by atoms with Crippen molar-refractivity contribution < 1.29 is 4.74 Å². The standard InChI is InChI=1S/C16H21N3O/c1-13-5-2-3-6-14(13)9-17-15-10-18-19(11-15)12-16-7-4-8-20-16/h2-3,5-6,10-11,16-17H,4,7-9,12H2,1H3. The van der Waals surface area contributed by atoms with Crippen LogP contribution in [0, 0.1) is 6.92 Å². The third-order valence-corrected chi connectivity index (χ3v) is 3.79. The Hall–Kier alpha value is -1.81. The molecule has 0 amide bonds. The first kappa shape index (κ1) is 13.2. The van der Waals surface area contributed by atoms with E-state index in [0.29, 0.717) is 6.10 Å². The second-order valence-electron chi connectivity index (χ2n) is 5.37. The molecule has 1 N–H and O–H groups in total. The van der Waals surface area contributed by atoms with Crippen molar-refractivity contribution in [2.75, 3.05) is 11.9 Å². The van der Waals surface area contributed by atoms with Gasteiger partial charge >= 0.3 is 0 Å². The molecule has 1 aromatic heterocycles. The second-order valence-corrected chi connectivity index (χ2v) is 5.37. The van der Waals surface area contributed by atoms with E-state index in [2.05, 4.69) is 47.8 Å². The van der Waals surface area contributed by atoms with Crippen LogP contribution in [0.5, 0.6) is 0 Å². The lowest BCUT2D eigenvalue weighted by atomic mass is 10.1. The lowest BCUT2D eigenvalue weighted by Crippen LogP contribution is -2.15. The predicted molar refractivity (Wildman–Crippen MR) is 79.7 cm³/mol. The molecule has 0 saturated carbocycles. The number of hydrogen-bond donors (Lipinski definition) is 1. The minimum atomic E-state index is 0.333. The van der Waals surface area contributed by atoms with E-state index in [1.54, 1.807) is 0 Å². The molecule has 2 heterocycles. The first-order chi connectivity index (χ1) is 9.81. The van der Waals surface area contributed by atoms with Crippen LogP contribution >= 0.6 is 0 Å². The Kier molecular flexibility index (Phi) is 4.02. The zero-order valence-electron chi connectivity index (χ0n) is 11.9. The SMILES string of the molecule is Cc1ccccc1CNc1cnn(CC2CCCO2)c1. The molecule has 20 heavy (non-hydrogen) atoms. The molecule has 1 fully saturated rings. The van der Waals surface area contributed by atoms with Gasteiger partial charge in [0.25, 0.3) is 0 Å². The zero-order valence-corrected chi connectivity index (χ0v) is 11.9. The van der Waals surface area contributed by atoms with E-state index in [4.69, 9.17) is 4.74 Å². The maximum absolute atomic E-state index is 5.63. The third-order valence-electron chi connectivity index (χ3n) is 3.79. The van der Waals surface area contributed by atoms with Crippen molar-refractivity contribution in [3.8, 4) is 0 Å². The first-order valence-electron chi connectivity index (χ1n) is 7.24. The molecule has 0 bridgehead atoms. The summed E-state index contributed by atoms with van der Waals surface area (Å²) in [4.78, 5) is 0. The lowest BCUT2D eigenvalue weighted by Gasteiger charge is -2.09. The van der Waals surface area contributed by atoms with Crippen LogP contribution in [0.2, 0.25) is 0 Å². The molecule has 4 heteroatoms. The maximum atomic E-state index is 5.63. The first-order valence-corrected chi connectivity index (χ1v) is 7.24. The summed E-state index contributed by atoms with van der Waals surface area (Å²) in [5, 5.41) is 7.81. The second kappa shape index (κ2) is 6.09. The van der Waals surface area contributed by atoms with E-state index in [-0.39, 0.29) is 0 Å². The van der Waals surface area contributed by atoms with E-state index in [1.165, 1.54) is 17.5 Å². The summed E-state index contributed by atoms with van der Waals surface area (Å²) < 4.78 is 7.60. The zero-order chi connectivity index (χ0) is 13.8. The molecule has 106 valence electrons. The number of rotatable bonds is 5. The van der Waals surface area contributed by atoms with E-state index in [0.717, 1.165) is 31.8 Å². The molecule has 1 saturated heterocycles. The van der Waals surface area contributed by atoms with Crippen molar-refractivity contribution in [1.82, 2.24) is 9.78 Å². The van der Waals surface area contributed by atoms with E-state index >= 15 is 0 Å². The van der Waals surface area contributed by atoms with Gasteiger partial charge in [-0.25, -0.2) is 0 Å². The van der Waals surface area contributed by atoms with Crippen molar-refractivity contribution in [2.45, 2.75) is 39.0 Å². The Morgan fingerprint density at radius 2 is 2.30 bits per heavy atom. The summed E-state index contributed by atoms with van der Waals surface area (Å²) in [6.45, 7) is 4.71. The Labute approximate surface area is 119 Å². The Balaban J connectivity index is 1.56. The third kappa shape index (κ3) is 3.20. The average Bonchev–Trinajstić information content (AvgIpc) is 3.10. The largest absolute Gasteiger partial charge is 0.378 e. The molecule has 0 radical (unpaired) electrons. The fourth-order valence-electron chi connectivity index (χ4n) is 2.56. The number of hydrogen-bond acceptors (Lipinski definition) is 3. The fourth-order valence-corrected chi connectivity index (χ4v) is 2.56. The van der Waals surface area contributed by atoms with Crippen LogP contribution in [0.1, 0.15) is 24.0 Å². The highest BCUT2D eigenvalue weighted by molar-refractivity contribution is 5.40. The lowest BCUT2D eigenvalue weighted by molar-refractivity contribution is 0.0940. The Bertz CT molecular complexity index is 558. The van der Waals surface area contributed by atoms with Crippen LogP contribution in [0.4, 0.5) is 5.69 Å². The number of aromatic nitrogens is 2. The van der Waals surface area contributed by atoms with Crippen LogP contribution in [0.3, 0.4) is 0 Å². The van der Waals surface area contributed by atoms with Gasteiger partial charge in [-0.15, -0.1) is 0 Å². The van der Waals surface area contributed by atoms with Gasteiger partial charge in [-0.05, 0) is 30.9 Å². The highest BCUT2D eigenvalue weighted by atomic mass is 16.5. The molecule has 1 aromatic carbocycles. The molecule has 2 aromatic rings. The summed E-state index contributed by atoms with van der Waals surface area (Å²) in [6, 6.07) is 8.43. The molecule has 0 aliphatic carbocycles. The monoisotopic (exact) mass is 271 g/mol. The molecule has 3 rings (SSSR count). The van der Waals surface area contributed by atoms with E-state index in [1.807, 2.05) is 10.9 Å². The van der Waals surface area contributed by atoms with Gasteiger partial charge in [0, 0.05) is 19.3 Å². The van der Waals surface area contributed by atoms with Crippen molar-refractivity contribution in [3.63, 3.8) is 0 Å².